The highest BCUT2D eigenvalue weighted by Gasteiger charge is 2.56. The van der Waals surface area contributed by atoms with Gasteiger partial charge in [0.05, 0.1) is 0 Å². The Kier molecular flexibility index (Phi) is 6.31. The number of methoxy groups -OCH3 is 1. The number of hydrogen-bond donors (Lipinski definition) is 0. The van der Waals surface area contributed by atoms with Crippen molar-refractivity contribution in [2.45, 2.75) is 64.2 Å². The number of Topliss-reactive ketones (excluding diaryl/α,β-unsaturated/α-hetero) is 1. The summed E-state index contributed by atoms with van der Waals surface area (Å²) in [6.45, 7) is 2.64. The Balaban J connectivity index is 1.63. The Labute approximate surface area is 204 Å². The van der Waals surface area contributed by atoms with Crippen LogP contribution in [0.25, 0.3) is 0 Å². The van der Waals surface area contributed by atoms with Crippen LogP contribution >= 0.6 is 0 Å². The minimum atomic E-state index is -0.0147. The number of carbonyl (C=O) groups is 2. The predicted octanol–water partition coefficient (Wildman–Crippen LogP) is 5.87. The molecule has 4 nitrogen and oxygen atoms in total. The number of benzene rings is 1. The van der Waals surface area contributed by atoms with Gasteiger partial charge >= 0.3 is 0 Å². The van der Waals surface area contributed by atoms with Crippen LogP contribution < -0.4 is 4.90 Å². The Morgan fingerprint density at radius 3 is 2.56 bits per heavy atom. The Morgan fingerprint density at radius 1 is 1.09 bits per heavy atom. The van der Waals surface area contributed by atoms with E-state index >= 15 is 0 Å². The second-order valence-electron chi connectivity index (χ2n) is 11.5. The molecular weight excluding hydrogens is 422 g/mol. The van der Waals surface area contributed by atoms with Gasteiger partial charge in [0.25, 0.3) is 0 Å². The highest BCUT2D eigenvalue weighted by molar-refractivity contribution is 5.93. The summed E-state index contributed by atoms with van der Waals surface area (Å²) >= 11 is 0. The third-order valence-corrected chi connectivity index (χ3v) is 9.46. The number of nitrogens with zero attached hydrogens (tertiary/aromatic N) is 1. The molecule has 0 aromatic heterocycles. The van der Waals surface area contributed by atoms with Crippen LogP contribution in [0.4, 0.5) is 5.69 Å². The van der Waals surface area contributed by atoms with Crippen molar-refractivity contribution in [3.63, 3.8) is 0 Å². The summed E-state index contributed by atoms with van der Waals surface area (Å²) in [5.74, 6) is 2.00. The minimum absolute atomic E-state index is 0.0147. The molecule has 34 heavy (non-hydrogen) atoms. The lowest BCUT2D eigenvalue weighted by molar-refractivity contribution is -0.138. The van der Waals surface area contributed by atoms with Gasteiger partial charge < -0.3 is 9.64 Å². The van der Waals surface area contributed by atoms with Crippen molar-refractivity contribution in [1.29, 1.82) is 0 Å². The van der Waals surface area contributed by atoms with E-state index in [1.165, 1.54) is 28.8 Å². The number of ketones is 2. The summed E-state index contributed by atoms with van der Waals surface area (Å²) in [6.07, 6.45) is 9.90. The van der Waals surface area contributed by atoms with E-state index in [-0.39, 0.29) is 29.5 Å². The fourth-order valence-electron chi connectivity index (χ4n) is 7.93. The maximum absolute atomic E-state index is 13.3. The van der Waals surface area contributed by atoms with Crippen LogP contribution in [-0.2, 0) is 14.3 Å². The van der Waals surface area contributed by atoms with E-state index in [1.807, 2.05) is 6.08 Å². The lowest BCUT2D eigenvalue weighted by atomic mass is 9.46. The van der Waals surface area contributed by atoms with E-state index in [4.69, 9.17) is 4.74 Å². The summed E-state index contributed by atoms with van der Waals surface area (Å²) in [6, 6.07) is 9.05. The smallest absolute Gasteiger partial charge is 0.162 e. The van der Waals surface area contributed by atoms with Gasteiger partial charge in [-0.3, -0.25) is 9.59 Å². The summed E-state index contributed by atoms with van der Waals surface area (Å²) in [5, 5.41) is 0. The molecule has 4 aliphatic carbocycles. The lowest BCUT2D eigenvalue weighted by Gasteiger charge is -2.58. The van der Waals surface area contributed by atoms with Crippen molar-refractivity contribution in [1.82, 2.24) is 0 Å². The van der Waals surface area contributed by atoms with Crippen molar-refractivity contribution in [2.24, 2.45) is 23.2 Å². The molecule has 2 fully saturated rings. The summed E-state index contributed by atoms with van der Waals surface area (Å²) in [5.41, 5.74) is 6.92. The van der Waals surface area contributed by atoms with Gasteiger partial charge in [0, 0.05) is 45.1 Å². The molecule has 0 aliphatic heterocycles. The molecule has 0 saturated heterocycles. The molecule has 4 aliphatic rings. The van der Waals surface area contributed by atoms with Gasteiger partial charge in [0.2, 0.25) is 0 Å². The third kappa shape index (κ3) is 3.88. The summed E-state index contributed by atoms with van der Waals surface area (Å²) in [4.78, 5) is 27.6. The van der Waals surface area contributed by atoms with Crippen molar-refractivity contribution < 1.29 is 14.3 Å². The van der Waals surface area contributed by atoms with Crippen LogP contribution in [0.15, 0.2) is 47.1 Å². The second-order valence-corrected chi connectivity index (χ2v) is 11.5. The molecule has 5 unspecified atom stereocenters. The maximum atomic E-state index is 13.3. The molecule has 0 heterocycles. The van der Waals surface area contributed by atoms with E-state index in [1.54, 1.807) is 12.7 Å². The Bertz CT molecular complexity index is 1030. The van der Waals surface area contributed by atoms with Gasteiger partial charge in [-0.05, 0) is 90.7 Å². The fourth-order valence-corrected chi connectivity index (χ4v) is 7.93. The molecule has 0 amide bonds. The standard InChI is InChI=1S/C30H39NO3/c1-30-17-25(19-8-11-21(12-9-19)31(2)3)29-23-15-13-22(32)16-20(23)10-14-24(29)26(30)6-5-7-27(30)28(33)18-34-4/h8-9,11-12,16,24-27H,5-7,10,13-15,17-18H2,1-4H3. The van der Waals surface area contributed by atoms with E-state index in [2.05, 4.69) is 50.2 Å². The fraction of sp³-hybridized carbons (Fsp3) is 0.600. The summed E-state index contributed by atoms with van der Waals surface area (Å²) in [7, 11) is 5.79. The lowest BCUT2D eigenvalue weighted by Crippen LogP contribution is -2.52. The molecule has 2 saturated carbocycles. The molecule has 1 aromatic carbocycles. The molecule has 5 rings (SSSR count). The van der Waals surface area contributed by atoms with Gasteiger partial charge in [-0.15, -0.1) is 0 Å². The monoisotopic (exact) mass is 461 g/mol. The number of ether oxygens (including phenoxy) is 1. The molecule has 0 spiro atoms. The van der Waals surface area contributed by atoms with Crippen molar-refractivity contribution in [3.05, 3.63) is 52.6 Å². The number of anilines is 1. The zero-order valence-corrected chi connectivity index (χ0v) is 21.2. The zero-order valence-electron chi connectivity index (χ0n) is 21.2. The number of hydrogen-bond acceptors (Lipinski definition) is 4. The quantitative estimate of drug-likeness (QED) is 0.550. The van der Waals surface area contributed by atoms with Crippen LogP contribution in [0.5, 0.6) is 0 Å². The largest absolute Gasteiger partial charge is 0.378 e. The number of allylic oxidation sites excluding steroid dienone is 4. The molecule has 1 aromatic rings. The van der Waals surface area contributed by atoms with E-state index in [0.717, 1.165) is 38.5 Å². The molecule has 182 valence electrons. The van der Waals surface area contributed by atoms with Crippen molar-refractivity contribution in [3.8, 4) is 0 Å². The molecular formula is C30H39NO3. The molecule has 5 atom stereocenters. The molecule has 0 N–H and O–H groups in total. The van der Waals surface area contributed by atoms with Crippen LogP contribution in [0.1, 0.15) is 69.8 Å². The first kappa shape index (κ1) is 23.5. The van der Waals surface area contributed by atoms with Gasteiger partial charge in [0.15, 0.2) is 11.6 Å². The van der Waals surface area contributed by atoms with Crippen molar-refractivity contribution in [2.75, 3.05) is 32.7 Å². The van der Waals surface area contributed by atoms with Gasteiger partial charge in [-0.1, -0.05) is 31.1 Å². The SMILES string of the molecule is COCC(=O)C1CCCC2C3CCC4=CC(=O)CCC4=C3C(c3ccc(N(C)C)cc3)CC12C. The maximum Gasteiger partial charge on any atom is 0.162 e. The molecule has 0 bridgehead atoms. The van der Waals surface area contributed by atoms with Crippen LogP contribution in [0.3, 0.4) is 0 Å². The predicted molar refractivity (Wildman–Crippen MR) is 136 cm³/mol. The average molecular weight is 462 g/mol. The minimum Gasteiger partial charge on any atom is -0.378 e. The first-order valence-corrected chi connectivity index (χ1v) is 13.1. The van der Waals surface area contributed by atoms with E-state index < -0.39 is 0 Å². The molecule has 4 heteroatoms. The van der Waals surface area contributed by atoms with Crippen molar-refractivity contribution >= 4 is 17.3 Å². The molecule has 0 radical (unpaired) electrons. The van der Waals surface area contributed by atoms with Crippen LogP contribution in [-0.4, -0.2) is 39.4 Å². The zero-order chi connectivity index (χ0) is 24.0. The van der Waals surface area contributed by atoms with Gasteiger partial charge in [-0.2, -0.15) is 0 Å². The number of carbonyl (C=O) groups excluding carboxylic acids is 2. The number of fused-ring (bicyclic) bond motifs is 4. The summed E-state index contributed by atoms with van der Waals surface area (Å²) < 4.78 is 5.31. The Hall–Kier alpha value is -2.20. The van der Waals surface area contributed by atoms with Gasteiger partial charge in [0.1, 0.15) is 6.61 Å². The van der Waals surface area contributed by atoms with Gasteiger partial charge in [-0.25, -0.2) is 0 Å². The van der Waals surface area contributed by atoms with Crippen LogP contribution in [0.2, 0.25) is 0 Å². The average Bonchev–Trinajstić information content (AvgIpc) is 2.82. The normalized spacial score (nSPS) is 32.9. The highest BCUT2D eigenvalue weighted by atomic mass is 16.5. The highest BCUT2D eigenvalue weighted by Crippen LogP contribution is 2.64. The first-order chi connectivity index (χ1) is 16.3. The van der Waals surface area contributed by atoms with E-state index in [9.17, 15) is 9.59 Å². The number of rotatable bonds is 5. The first-order valence-electron chi connectivity index (χ1n) is 13.1. The topological polar surface area (TPSA) is 46.6 Å². The third-order valence-electron chi connectivity index (χ3n) is 9.46. The van der Waals surface area contributed by atoms with E-state index in [0.29, 0.717) is 24.2 Å². The Morgan fingerprint density at radius 2 is 1.85 bits per heavy atom. The van der Waals surface area contributed by atoms with Crippen LogP contribution in [0, 0.1) is 23.2 Å². The second kappa shape index (κ2) is 9.11.